The maximum absolute atomic E-state index is 12.3. The molecule has 0 heterocycles. The number of carboxylic acids is 1. The zero-order chi connectivity index (χ0) is 16.0. The predicted molar refractivity (Wildman–Crippen MR) is 85.1 cm³/mol. The minimum Gasteiger partial charge on any atom is -0.481 e. The van der Waals surface area contributed by atoms with Crippen molar-refractivity contribution in [2.24, 2.45) is 0 Å². The summed E-state index contributed by atoms with van der Waals surface area (Å²) < 4.78 is 0.952. The highest BCUT2D eigenvalue weighted by molar-refractivity contribution is 9.10. The highest BCUT2D eigenvalue weighted by atomic mass is 79.9. The van der Waals surface area contributed by atoms with Gasteiger partial charge in [0, 0.05) is 23.1 Å². The van der Waals surface area contributed by atoms with Gasteiger partial charge in [0.05, 0.1) is 6.42 Å². The molecule has 0 aliphatic heterocycles. The second-order valence-corrected chi connectivity index (χ2v) is 6.67. The Morgan fingerprint density at radius 3 is 2.52 bits per heavy atom. The van der Waals surface area contributed by atoms with E-state index in [1.807, 2.05) is 45.0 Å². The molecule has 0 bridgehead atoms. The number of benzene rings is 1. The molecule has 0 aliphatic carbocycles. The first-order valence-corrected chi connectivity index (χ1v) is 7.51. The van der Waals surface area contributed by atoms with Crippen LogP contribution in [0.25, 0.3) is 0 Å². The van der Waals surface area contributed by atoms with Crippen LogP contribution >= 0.6 is 15.9 Å². The molecular formula is C15H21BrN2O3. The number of carbonyl (C=O) groups excluding carboxylic acids is 1. The third-order valence-corrected chi connectivity index (χ3v) is 3.43. The average Bonchev–Trinajstić information content (AvgIpc) is 2.34. The Bertz CT molecular complexity index is 512. The second kappa shape index (κ2) is 7.45. The summed E-state index contributed by atoms with van der Waals surface area (Å²) >= 11 is 3.38. The number of carboxylic acid groups (broad SMARTS) is 1. The van der Waals surface area contributed by atoms with Gasteiger partial charge in [-0.1, -0.05) is 28.1 Å². The van der Waals surface area contributed by atoms with Crippen molar-refractivity contribution < 1.29 is 14.7 Å². The number of aliphatic carboxylic acids is 1. The van der Waals surface area contributed by atoms with Gasteiger partial charge in [-0.3, -0.25) is 4.79 Å². The Labute approximate surface area is 133 Å². The summed E-state index contributed by atoms with van der Waals surface area (Å²) in [5.74, 6) is -0.913. The van der Waals surface area contributed by atoms with Crippen LogP contribution in [0, 0.1) is 0 Å². The maximum Gasteiger partial charge on any atom is 0.318 e. The Morgan fingerprint density at radius 2 is 2.00 bits per heavy atom. The smallest absolute Gasteiger partial charge is 0.318 e. The average molecular weight is 357 g/mol. The number of nitrogens with zero attached hydrogens (tertiary/aromatic N) is 1. The van der Waals surface area contributed by atoms with Crippen LogP contribution in [0.15, 0.2) is 28.7 Å². The Hall–Kier alpha value is -1.56. The summed E-state index contributed by atoms with van der Waals surface area (Å²) in [6.45, 7) is 6.23. The third kappa shape index (κ3) is 6.16. The molecule has 0 atom stereocenters. The molecule has 0 unspecified atom stereocenters. The fourth-order valence-electron chi connectivity index (χ4n) is 1.87. The maximum atomic E-state index is 12.3. The van der Waals surface area contributed by atoms with E-state index in [9.17, 15) is 9.59 Å². The van der Waals surface area contributed by atoms with Crippen LogP contribution in [-0.4, -0.2) is 34.1 Å². The first-order valence-electron chi connectivity index (χ1n) is 6.72. The lowest BCUT2D eigenvalue weighted by molar-refractivity contribution is -0.137. The molecule has 0 saturated carbocycles. The van der Waals surface area contributed by atoms with Crippen molar-refractivity contribution in [1.29, 1.82) is 0 Å². The van der Waals surface area contributed by atoms with Gasteiger partial charge < -0.3 is 15.3 Å². The van der Waals surface area contributed by atoms with E-state index in [1.54, 1.807) is 4.90 Å². The van der Waals surface area contributed by atoms with E-state index in [0.29, 0.717) is 6.54 Å². The van der Waals surface area contributed by atoms with E-state index in [1.165, 1.54) is 0 Å². The van der Waals surface area contributed by atoms with Crippen molar-refractivity contribution in [3.05, 3.63) is 34.3 Å². The molecule has 0 spiro atoms. The van der Waals surface area contributed by atoms with Crippen LogP contribution in [0.1, 0.15) is 32.8 Å². The zero-order valence-electron chi connectivity index (χ0n) is 12.5. The number of halogens is 1. The minimum atomic E-state index is -0.913. The number of urea groups is 1. The summed E-state index contributed by atoms with van der Waals surface area (Å²) in [6.07, 6.45) is -0.0679. The summed E-state index contributed by atoms with van der Waals surface area (Å²) in [4.78, 5) is 24.5. The molecule has 6 heteroatoms. The standard InChI is InChI=1S/C15H21BrN2O3/c1-15(2,3)18(8-7-13(19)20)14(21)17-10-11-5-4-6-12(16)9-11/h4-6,9H,7-8,10H2,1-3H3,(H,17,21)(H,19,20). The van der Waals surface area contributed by atoms with E-state index in [0.717, 1.165) is 10.0 Å². The van der Waals surface area contributed by atoms with Gasteiger partial charge in [-0.05, 0) is 38.5 Å². The van der Waals surface area contributed by atoms with Crippen molar-refractivity contribution in [2.75, 3.05) is 6.54 Å². The van der Waals surface area contributed by atoms with Crippen LogP contribution in [0.3, 0.4) is 0 Å². The summed E-state index contributed by atoms with van der Waals surface area (Å²) in [7, 11) is 0. The van der Waals surface area contributed by atoms with Gasteiger partial charge in [-0.15, -0.1) is 0 Å². The fraction of sp³-hybridized carbons (Fsp3) is 0.467. The van der Waals surface area contributed by atoms with E-state index in [4.69, 9.17) is 5.11 Å². The second-order valence-electron chi connectivity index (χ2n) is 5.75. The van der Waals surface area contributed by atoms with Crippen molar-refractivity contribution in [1.82, 2.24) is 10.2 Å². The Morgan fingerprint density at radius 1 is 1.33 bits per heavy atom. The molecule has 1 rings (SSSR count). The lowest BCUT2D eigenvalue weighted by Gasteiger charge is -2.35. The van der Waals surface area contributed by atoms with E-state index < -0.39 is 11.5 Å². The molecule has 1 aromatic carbocycles. The van der Waals surface area contributed by atoms with Crippen LogP contribution in [0.5, 0.6) is 0 Å². The fourth-order valence-corrected chi connectivity index (χ4v) is 2.32. The van der Waals surface area contributed by atoms with E-state index in [2.05, 4.69) is 21.2 Å². The lowest BCUT2D eigenvalue weighted by atomic mass is 10.1. The molecule has 0 aliphatic rings. The number of rotatable bonds is 5. The number of carbonyl (C=O) groups is 2. The summed E-state index contributed by atoms with van der Waals surface area (Å²) in [5.41, 5.74) is 0.543. The van der Waals surface area contributed by atoms with Gasteiger partial charge in [0.1, 0.15) is 0 Å². The molecule has 0 radical (unpaired) electrons. The largest absolute Gasteiger partial charge is 0.481 e. The third-order valence-electron chi connectivity index (χ3n) is 2.94. The predicted octanol–water partition coefficient (Wildman–Crippen LogP) is 3.23. The van der Waals surface area contributed by atoms with Gasteiger partial charge in [-0.25, -0.2) is 4.79 Å². The topological polar surface area (TPSA) is 69.6 Å². The molecule has 21 heavy (non-hydrogen) atoms. The Kier molecular flexibility index (Phi) is 6.20. The first-order chi connectivity index (χ1) is 9.70. The van der Waals surface area contributed by atoms with Gasteiger partial charge in [-0.2, -0.15) is 0 Å². The number of nitrogens with one attached hydrogen (secondary N) is 1. The first kappa shape index (κ1) is 17.5. The summed E-state index contributed by atoms with van der Waals surface area (Å²) in [6, 6.07) is 7.41. The van der Waals surface area contributed by atoms with Gasteiger partial charge >= 0.3 is 12.0 Å². The van der Waals surface area contributed by atoms with Crippen molar-refractivity contribution in [3.63, 3.8) is 0 Å². The molecule has 0 fully saturated rings. The molecule has 0 saturated heterocycles. The van der Waals surface area contributed by atoms with E-state index in [-0.39, 0.29) is 19.0 Å². The molecule has 5 nitrogen and oxygen atoms in total. The molecule has 116 valence electrons. The normalized spacial score (nSPS) is 11.0. The minimum absolute atomic E-state index is 0.0679. The SMILES string of the molecule is CC(C)(C)N(CCC(=O)O)C(=O)NCc1cccc(Br)c1. The highest BCUT2D eigenvalue weighted by Gasteiger charge is 2.26. The van der Waals surface area contributed by atoms with Crippen molar-refractivity contribution >= 4 is 27.9 Å². The highest BCUT2D eigenvalue weighted by Crippen LogP contribution is 2.15. The number of hydrogen-bond acceptors (Lipinski definition) is 2. The quantitative estimate of drug-likeness (QED) is 0.850. The van der Waals surface area contributed by atoms with Crippen LogP contribution in [-0.2, 0) is 11.3 Å². The number of amides is 2. The van der Waals surface area contributed by atoms with Crippen LogP contribution < -0.4 is 5.32 Å². The molecular weight excluding hydrogens is 336 g/mol. The van der Waals surface area contributed by atoms with E-state index >= 15 is 0 Å². The molecule has 2 N–H and O–H groups in total. The molecule has 2 amide bonds. The molecule has 0 aromatic heterocycles. The lowest BCUT2D eigenvalue weighted by Crippen LogP contribution is -2.50. The zero-order valence-corrected chi connectivity index (χ0v) is 14.1. The van der Waals surface area contributed by atoms with Gasteiger partial charge in [0.15, 0.2) is 0 Å². The van der Waals surface area contributed by atoms with Crippen molar-refractivity contribution in [3.8, 4) is 0 Å². The monoisotopic (exact) mass is 356 g/mol. The van der Waals surface area contributed by atoms with Gasteiger partial charge in [0.25, 0.3) is 0 Å². The number of hydrogen-bond donors (Lipinski definition) is 2. The molecule has 1 aromatic rings. The Balaban J connectivity index is 2.66. The van der Waals surface area contributed by atoms with Crippen LogP contribution in [0.2, 0.25) is 0 Å². The summed E-state index contributed by atoms with van der Waals surface area (Å²) in [5, 5.41) is 11.6. The van der Waals surface area contributed by atoms with Crippen molar-refractivity contribution in [2.45, 2.75) is 39.3 Å². The van der Waals surface area contributed by atoms with Crippen LogP contribution in [0.4, 0.5) is 4.79 Å². The van der Waals surface area contributed by atoms with Gasteiger partial charge in [0.2, 0.25) is 0 Å².